The van der Waals surface area contributed by atoms with E-state index in [1.807, 2.05) is 13.0 Å². The zero-order valence-electron chi connectivity index (χ0n) is 13.9. The van der Waals surface area contributed by atoms with Crippen LogP contribution in [-0.2, 0) is 0 Å². The summed E-state index contributed by atoms with van der Waals surface area (Å²) in [5.41, 5.74) is 0.295. The SMILES string of the molecule is Cc1cccc(OC[C@@H](O)CN2C(=O)c3cccc([N+](=O)[O-])c3C2=O)c1. The average molecular weight is 356 g/mol. The highest BCUT2D eigenvalue weighted by atomic mass is 16.6. The lowest BCUT2D eigenvalue weighted by Gasteiger charge is -2.18. The van der Waals surface area contributed by atoms with Crippen molar-refractivity contribution in [2.45, 2.75) is 13.0 Å². The molecule has 1 atom stereocenters. The Morgan fingerprint density at radius 1 is 1.19 bits per heavy atom. The lowest BCUT2D eigenvalue weighted by atomic mass is 10.1. The van der Waals surface area contributed by atoms with Crippen molar-refractivity contribution in [3.05, 3.63) is 69.3 Å². The highest BCUT2D eigenvalue weighted by Crippen LogP contribution is 2.30. The molecule has 0 fully saturated rings. The number of carbonyl (C=O) groups is 2. The van der Waals surface area contributed by atoms with Crippen LogP contribution in [0.25, 0.3) is 0 Å². The predicted molar refractivity (Wildman–Crippen MR) is 91.1 cm³/mol. The van der Waals surface area contributed by atoms with Crippen molar-refractivity contribution in [3.8, 4) is 5.75 Å². The molecule has 0 aliphatic carbocycles. The Hall–Kier alpha value is -3.26. The van der Waals surface area contributed by atoms with Gasteiger partial charge in [-0.25, -0.2) is 0 Å². The van der Waals surface area contributed by atoms with E-state index >= 15 is 0 Å². The summed E-state index contributed by atoms with van der Waals surface area (Å²) in [6.07, 6.45) is -1.13. The molecule has 1 heterocycles. The summed E-state index contributed by atoms with van der Waals surface area (Å²) in [5, 5.41) is 21.2. The Kier molecular flexibility index (Phi) is 4.68. The standard InChI is InChI=1S/C18H16N2O6/c1-11-4-2-5-13(8-11)26-10-12(21)9-19-17(22)14-6-3-7-15(20(24)25)16(14)18(19)23/h2-8,12,21H,9-10H2,1H3/t12-/m0/s1. The molecule has 0 saturated heterocycles. The van der Waals surface area contributed by atoms with Gasteiger partial charge < -0.3 is 9.84 Å². The number of nitro benzene ring substituents is 1. The van der Waals surface area contributed by atoms with Crippen molar-refractivity contribution in [3.63, 3.8) is 0 Å². The van der Waals surface area contributed by atoms with E-state index in [4.69, 9.17) is 4.74 Å². The molecular formula is C18H16N2O6. The van der Waals surface area contributed by atoms with Crippen molar-refractivity contribution in [2.24, 2.45) is 0 Å². The molecule has 0 radical (unpaired) electrons. The second-order valence-corrected chi connectivity index (χ2v) is 5.96. The second-order valence-electron chi connectivity index (χ2n) is 5.96. The van der Waals surface area contributed by atoms with Gasteiger partial charge in [0, 0.05) is 6.07 Å². The van der Waals surface area contributed by atoms with Crippen LogP contribution in [0.2, 0.25) is 0 Å². The molecule has 3 rings (SSSR count). The van der Waals surface area contributed by atoms with Crippen LogP contribution < -0.4 is 4.74 Å². The molecule has 2 amide bonds. The molecule has 26 heavy (non-hydrogen) atoms. The van der Waals surface area contributed by atoms with Gasteiger partial charge in [0.1, 0.15) is 24.0 Å². The highest BCUT2D eigenvalue weighted by molar-refractivity contribution is 6.23. The predicted octanol–water partition coefficient (Wildman–Crippen LogP) is 1.94. The number of ether oxygens (including phenoxy) is 1. The fourth-order valence-electron chi connectivity index (χ4n) is 2.79. The summed E-state index contributed by atoms with van der Waals surface area (Å²) < 4.78 is 5.46. The van der Waals surface area contributed by atoms with Crippen LogP contribution in [0.4, 0.5) is 5.69 Å². The van der Waals surface area contributed by atoms with Gasteiger partial charge in [0.05, 0.1) is 17.0 Å². The topological polar surface area (TPSA) is 110 Å². The van der Waals surface area contributed by atoms with Gasteiger partial charge in [-0.1, -0.05) is 18.2 Å². The van der Waals surface area contributed by atoms with Crippen LogP contribution in [0.5, 0.6) is 5.75 Å². The van der Waals surface area contributed by atoms with Crippen molar-refractivity contribution in [1.82, 2.24) is 4.90 Å². The molecule has 0 aromatic heterocycles. The van der Waals surface area contributed by atoms with Crippen LogP contribution in [0.15, 0.2) is 42.5 Å². The number of β-amino-alcohol motifs (C(OH)–C–C–N with tert-alkyl or cyclic N) is 1. The van der Waals surface area contributed by atoms with Crippen molar-refractivity contribution in [1.29, 1.82) is 0 Å². The number of aryl methyl sites for hydroxylation is 1. The normalized spacial score (nSPS) is 14.3. The minimum Gasteiger partial charge on any atom is -0.491 e. The van der Waals surface area contributed by atoms with E-state index in [0.717, 1.165) is 10.5 Å². The van der Waals surface area contributed by atoms with E-state index in [0.29, 0.717) is 5.75 Å². The van der Waals surface area contributed by atoms with Crippen molar-refractivity contribution in [2.75, 3.05) is 13.2 Å². The zero-order chi connectivity index (χ0) is 18.8. The Morgan fingerprint density at radius 2 is 1.92 bits per heavy atom. The van der Waals surface area contributed by atoms with E-state index in [1.54, 1.807) is 18.2 Å². The molecule has 0 saturated carbocycles. The van der Waals surface area contributed by atoms with Crippen LogP contribution >= 0.6 is 0 Å². The first kappa shape index (κ1) is 17.6. The van der Waals surface area contributed by atoms with E-state index in [2.05, 4.69) is 0 Å². The number of aliphatic hydroxyl groups is 1. The van der Waals surface area contributed by atoms with Crippen LogP contribution in [0.3, 0.4) is 0 Å². The molecular weight excluding hydrogens is 340 g/mol. The summed E-state index contributed by atoms with van der Waals surface area (Å²) >= 11 is 0. The zero-order valence-corrected chi connectivity index (χ0v) is 13.9. The van der Waals surface area contributed by atoms with Gasteiger partial charge in [0.15, 0.2) is 0 Å². The van der Waals surface area contributed by atoms with E-state index in [1.165, 1.54) is 18.2 Å². The maximum absolute atomic E-state index is 12.4. The molecule has 8 heteroatoms. The Balaban J connectivity index is 1.70. The van der Waals surface area contributed by atoms with E-state index in [-0.39, 0.29) is 24.3 Å². The number of hydrogen-bond donors (Lipinski definition) is 1. The van der Waals surface area contributed by atoms with E-state index < -0.39 is 28.5 Å². The van der Waals surface area contributed by atoms with Gasteiger partial charge in [-0.05, 0) is 30.7 Å². The first-order valence-electron chi connectivity index (χ1n) is 7.89. The van der Waals surface area contributed by atoms with Crippen molar-refractivity contribution >= 4 is 17.5 Å². The first-order valence-corrected chi connectivity index (χ1v) is 7.89. The maximum Gasteiger partial charge on any atom is 0.282 e. The summed E-state index contributed by atoms with van der Waals surface area (Å²) in [6.45, 7) is 1.46. The van der Waals surface area contributed by atoms with Crippen molar-refractivity contribution < 1.29 is 24.4 Å². The van der Waals surface area contributed by atoms with Crippen LogP contribution in [0, 0.1) is 17.0 Å². The molecule has 1 N–H and O–H groups in total. The number of nitro groups is 1. The first-order chi connectivity index (χ1) is 12.4. The molecule has 134 valence electrons. The second kappa shape index (κ2) is 6.93. The number of benzene rings is 2. The van der Waals surface area contributed by atoms with Gasteiger partial charge in [-0.15, -0.1) is 0 Å². The van der Waals surface area contributed by atoms with Gasteiger partial charge in [0.2, 0.25) is 0 Å². The number of hydrogen-bond acceptors (Lipinski definition) is 6. The monoisotopic (exact) mass is 356 g/mol. The van der Waals surface area contributed by atoms with Crippen LogP contribution in [0.1, 0.15) is 26.3 Å². The fourth-order valence-corrected chi connectivity index (χ4v) is 2.79. The lowest BCUT2D eigenvalue weighted by Crippen LogP contribution is -2.39. The molecule has 1 aliphatic rings. The molecule has 8 nitrogen and oxygen atoms in total. The van der Waals surface area contributed by atoms with Crippen LogP contribution in [-0.4, -0.2) is 46.0 Å². The maximum atomic E-state index is 12.4. The van der Waals surface area contributed by atoms with Gasteiger partial charge >= 0.3 is 0 Å². The molecule has 2 aromatic rings. The molecule has 0 spiro atoms. The Morgan fingerprint density at radius 3 is 2.62 bits per heavy atom. The summed E-state index contributed by atoms with van der Waals surface area (Å²) in [7, 11) is 0. The number of amides is 2. The minimum atomic E-state index is -1.13. The van der Waals surface area contributed by atoms with Gasteiger partial charge in [0.25, 0.3) is 17.5 Å². The Bertz CT molecular complexity index is 895. The third kappa shape index (κ3) is 3.27. The molecule has 2 aromatic carbocycles. The number of rotatable bonds is 6. The number of aliphatic hydroxyl groups excluding tert-OH is 1. The smallest absolute Gasteiger partial charge is 0.282 e. The summed E-state index contributed by atoms with van der Waals surface area (Å²) in [5.74, 6) is -0.891. The number of imide groups is 1. The number of carbonyl (C=O) groups excluding carboxylic acids is 2. The lowest BCUT2D eigenvalue weighted by molar-refractivity contribution is -0.385. The quantitative estimate of drug-likeness (QED) is 0.481. The molecule has 0 unspecified atom stereocenters. The highest BCUT2D eigenvalue weighted by Gasteiger charge is 2.41. The fraction of sp³-hybridized carbons (Fsp3) is 0.222. The Labute approximate surface area is 148 Å². The minimum absolute atomic E-state index is 0.0315. The summed E-state index contributed by atoms with van der Waals surface area (Å²) in [4.78, 5) is 36.0. The average Bonchev–Trinajstić information content (AvgIpc) is 2.85. The molecule has 1 aliphatic heterocycles. The largest absolute Gasteiger partial charge is 0.491 e. The third-order valence-electron chi connectivity index (χ3n) is 4.00. The number of nitrogens with zero attached hydrogens (tertiary/aromatic N) is 2. The van der Waals surface area contributed by atoms with Gasteiger partial charge in [-0.3, -0.25) is 24.6 Å². The number of fused-ring (bicyclic) bond motifs is 1. The summed E-state index contributed by atoms with van der Waals surface area (Å²) in [6, 6.07) is 11.1. The van der Waals surface area contributed by atoms with E-state index in [9.17, 15) is 24.8 Å². The van der Waals surface area contributed by atoms with Gasteiger partial charge in [-0.2, -0.15) is 0 Å². The molecule has 0 bridgehead atoms. The third-order valence-corrected chi connectivity index (χ3v) is 4.00.